The number of hydrogen-bond donors (Lipinski definition) is 2. The van der Waals surface area contributed by atoms with Crippen LogP contribution < -0.4 is 10.2 Å². The number of carbonyl (C=O) groups is 1. The van der Waals surface area contributed by atoms with Gasteiger partial charge < -0.3 is 28.8 Å². The zero-order chi connectivity index (χ0) is 34.4. The van der Waals surface area contributed by atoms with Crippen LogP contribution in [0.1, 0.15) is 142 Å². The Morgan fingerprint density at radius 2 is 1.26 bits per heavy atom. The van der Waals surface area contributed by atoms with Crippen molar-refractivity contribution in [1.82, 2.24) is 5.32 Å². The number of hydrogen-bond acceptors (Lipinski definition) is 6. The highest BCUT2D eigenvalue weighted by atomic mass is 31.2. The van der Waals surface area contributed by atoms with Crippen LogP contribution in [0.25, 0.3) is 0 Å². The summed E-state index contributed by atoms with van der Waals surface area (Å²) in [4.78, 5) is 25.0. The molecule has 0 aromatic carbocycles. The van der Waals surface area contributed by atoms with Gasteiger partial charge in [-0.15, -0.1) is 0 Å². The Bertz CT molecular complexity index is 855. The van der Waals surface area contributed by atoms with Gasteiger partial charge in [0.2, 0.25) is 5.91 Å². The molecule has 3 atom stereocenters. The molecule has 2 N–H and O–H groups in total. The van der Waals surface area contributed by atoms with E-state index in [-0.39, 0.29) is 19.1 Å². The van der Waals surface area contributed by atoms with Crippen LogP contribution in [0.4, 0.5) is 0 Å². The monoisotopic (exact) mass is 671 g/mol. The number of carbonyl (C=O) groups excluding carboxylic acids is 1. The molecule has 0 aliphatic carbocycles. The summed E-state index contributed by atoms with van der Waals surface area (Å²) in [6.45, 7) is 4.52. The van der Waals surface area contributed by atoms with Crippen molar-refractivity contribution >= 4 is 13.7 Å². The van der Waals surface area contributed by atoms with Gasteiger partial charge in [0.25, 0.3) is 7.82 Å². The van der Waals surface area contributed by atoms with Crippen molar-refractivity contribution in [2.45, 2.75) is 154 Å². The van der Waals surface area contributed by atoms with E-state index in [1.165, 1.54) is 64.2 Å². The van der Waals surface area contributed by atoms with Gasteiger partial charge in [-0.2, -0.15) is 0 Å². The predicted molar refractivity (Wildman–Crippen MR) is 191 cm³/mol. The quantitative estimate of drug-likeness (QED) is 0.0321. The summed E-state index contributed by atoms with van der Waals surface area (Å²) in [7, 11) is 1.24. The van der Waals surface area contributed by atoms with E-state index in [0.717, 1.165) is 57.8 Å². The van der Waals surface area contributed by atoms with Crippen LogP contribution in [0.15, 0.2) is 36.5 Å². The summed E-state index contributed by atoms with van der Waals surface area (Å²) < 4.78 is 23.0. The van der Waals surface area contributed by atoms with Crippen molar-refractivity contribution in [3.05, 3.63) is 36.5 Å². The van der Waals surface area contributed by atoms with Gasteiger partial charge in [0, 0.05) is 6.42 Å². The SMILES string of the molecule is CCCCC/C=C\C/C=C\CCCCCCCCCC(=O)NC(COP(=O)([O-])OCC[N+](C)(C)C)C(O)/C=C/CCCCCCC. The summed E-state index contributed by atoms with van der Waals surface area (Å²) in [6.07, 6.45) is 33.4. The first-order chi connectivity index (χ1) is 22.0. The van der Waals surface area contributed by atoms with Crippen LogP contribution in [0.5, 0.6) is 0 Å². The van der Waals surface area contributed by atoms with E-state index in [4.69, 9.17) is 9.05 Å². The highest BCUT2D eigenvalue weighted by Crippen LogP contribution is 2.38. The molecule has 0 rings (SSSR count). The fourth-order valence-corrected chi connectivity index (χ4v) is 5.55. The second-order valence-corrected chi connectivity index (χ2v) is 15.0. The topological polar surface area (TPSA) is 108 Å². The number of aliphatic hydroxyl groups is 1. The average molecular weight is 671 g/mol. The van der Waals surface area contributed by atoms with Gasteiger partial charge >= 0.3 is 0 Å². The molecular formula is C37H71N2O6P. The second-order valence-electron chi connectivity index (χ2n) is 13.6. The molecule has 270 valence electrons. The van der Waals surface area contributed by atoms with Gasteiger partial charge in [-0.3, -0.25) is 9.36 Å². The molecule has 0 saturated carbocycles. The van der Waals surface area contributed by atoms with Crippen LogP contribution in [-0.4, -0.2) is 68.5 Å². The van der Waals surface area contributed by atoms with Gasteiger partial charge in [0.1, 0.15) is 13.2 Å². The molecule has 0 radical (unpaired) electrons. The van der Waals surface area contributed by atoms with Gasteiger partial charge in [-0.25, -0.2) is 0 Å². The summed E-state index contributed by atoms with van der Waals surface area (Å²) in [5.41, 5.74) is 0. The van der Waals surface area contributed by atoms with Gasteiger partial charge in [0.15, 0.2) is 0 Å². The summed E-state index contributed by atoms with van der Waals surface area (Å²) in [5.74, 6) is -0.213. The Kier molecular flexibility index (Phi) is 29.0. The van der Waals surface area contributed by atoms with E-state index >= 15 is 0 Å². The Morgan fingerprint density at radius 1 is 0.761 bits per heavy atom. The number of unbranched alkanes of at least 4 members (excludes halogenated alkanes) is 15. The molecule has 1 amide bonds. The van der Waals surface area contributed by atoms with E-state index in [9.17, 15) is 19.4 Å². The lowest BCUT2D eigenvalue weighted by molar-refractivity contribution is -0.870. The number of aliphatic hydroxyl groups excluding tert-OH is 1. The summed E-state index contributed by atoms with van der Waals surface area (Å²) in [5, 5.41) is 13.6. The lowest BCUT2D eigenvalue weighted by atomic mass is 10.1. The first-order valence-electron chi connectivity index (χ1n) is 18.4. The zero-order valence-electron chi connectivity index (χ0n) is 30.3. The maximum Gasteiger partial charge on any atom is 0.268 e. The lowest BCUT2D eigenvalue weighted by Crippen LogP contribution is -2.45. The van der Waals surface area contributed by atoms with E-state index in [1.54, 1.807) is 6.08 Å². The summed E-state index contributed by atoms with van der Waals surface area (Å²) >= 11 is 0. The average Bonchev–Trinajstić information content (AvgIpc) is 2.99. The molecule has 8 nitrogen and oxygen atoms in total. The first-order valence-corrected chi connectivity index (χ1v) is 19.8. The van der Waals surface area contributed by atoms with E-state index < -0.39 is 20.0 Å². The molecule has 0 aliphatic heterocycles. The Labute approximate surface area is 283 Å². The van der Waals surface area contributed by atoms with Crippen LogP contribution in [0, 0.1) is 0 Å². The Hall–Kier alpha value is -1.28. The largest absolute Gasteiger partial charge is 0.756 e. The van der Waals surface area contributed by atoms with E-state index in [2.05, 4.69) is 43.5 Å². The van der Waals surface area contributed by atoms with Crippen molar-refractivity contribution in [3.63, 3.8) is 0 Å². The predicted octanol–water partition coefficient (Wildman–Crippen LogP) is 8.55. The van der Waals surface area contributed by atoms with Crippen LogP contribution >= 0.6 is 7.82 Å². The molecule has 46 heavy (non-hydrogen) atoms. The fourth-order valence-electron chi connectivity index (χ4n) is 4.83. The van der Waals surface area contributed by atoms with Crippen LogP contribution in [0.2, 0.25) is 0 Å². The number of nitrogens with one attached hydrogen (secondary N) is 1. The normalized spacial score (nSPS) is 15.2. The van der Waals surface area contributed by atoms with Gasteiger partial charge in [0.05, 0.1) is 39.9 Å². The Morgan fingerprint density at radius 3 is 1.85 bits per heavy atom. The van der Waals surface area contributed by atoms with Crippen LogP contribution in [0.3, 0.4) is 0 Å². The number of allylic oxidation sites excluding steroid dienone is 5. The number of phosphoric acid groups is 1. The molecule has 0 fully saturated rings. The summed E-state index contributed by atoms with van der Waals surface area (Å²) in [6, 6.07) is -0.885. The van der Waals surface area contributed by atoms with Gasteiger partial charge in [-0.1, -0.05) is 121 Å². The van der Waals surface area contributed by atoms with Crippen molar-refractivity contribution in [3.8, 4) is 0 Å². The first kappa shape index (κ1) is 44.7. The minimum Gasteiger partial charge on any atom is -0.756 e. The number of quaternary nitrogens is 1. The number of rotatable bonds is 32. The third-order valence-electron chi connectivity index (χ3n) is 7.84. The number of amides is 1. The van der Waals surface area contributed by atoms with Gasteiger partial charge in [-0.05, 0) is 51.4 Å². The van der Waals surface area contributed by atoms with Crippen LogP contribution in [-0.2, 0) is 18.4 Å². The molecule has 0 spiro atoms. The van der Waals surface area contributed by atoms with Crippen molar-refractivity contribution in [2.24, 2.45) is 0 Å². The highest BCUT2D eigenvalue weighted by molar-refractivity contribution is 7.45. The molecule has 0 heterocycles. The number of nitrogens with zero attached hydrogens (tertiary/aromatic N) is 1. The standard InChI is InChI=1S/C37H71N2O6P/c1-6-8-10-12-14-15-16-17-18-19-20-21-22-23-25-27-29-31-37(41)38-35(36(40)30-28-26-24-13-11-9-7-2)34-45-46(42,43)44-33-32-39(3,4)5/h14-15,17-18,28,30,35-36,40H,6-13,16,19-27,29,31-34H2,1-5H3,(H-,38,41,42,43)/b15-14-,18-17-,30-28+. The molecule has 0 aliphatic rings. The minimum atomic E-state index is -4.57. The van der Waals surface area contributed by atoms with E-state index in [0.29, 0.717) is 17.4 Å². The highest BCUT2D eigenvalue weighted by Gasteiger charge is 2.23. The molecule has 9 heteroatoms. The van der Waals surface area contributed by atoms with E-state index in [1.807, 2.05) is 27.2 Å². The number of phosphoric ester groups is 1. The second kappa shape index (κ2) is 29.8. The third kappa shape index (κ3) is 31.3. The molecule has 0 saturated heterocycles. The maximum absolute atomic E-state index is 12.7. The minimum absolute atomic E-state index is 0.00400. The molecular weight excluding hydrogens is 599 g/mol. The molecule has 3 unspecified atom stereocenters. The zero-order valence-corrected chi connectivity index (χ0v) is 31.2. The Balaban J connectivity index is 4.41. The van der Waals surface area contributed by atoms with Crippen molar-refractivity contribution in [2.75, 3.05) is 40.9 Å². The van der Waals surface area contributed by atoms with Crippen molar-refractivity contribution < 1.29 is 32.9 Å². The lowest BCUT2D eigenvalue weighted by Gasteiger charge is -2.29. The molecule has 0 aromatic heterocycles. The third-order valence-corrected chi connectivity index (χ3v) is 8.81. The smallest absolute Gasteiger partial charge is 0.268 e. The molecule has 0 bridgehead atoms. The fraction of sp³-hybridized carbons (Fsp3) is 0.811. The molecule has 0 aromatic rings. The van der Waals surface area contributed by atoms with Crippen molar-refractivity contribution in [1.29, 1.82) is 0 Å². The number of likely N-dealkylation sites (N-methyl/N-ethyl adjacent to an activating group) is 1. The maximum atomic E-state index is 12.7.